The Balaban J connectivity index is 2.06. The molecule has 0 unspecified atom stereocenters. The van der Waals surface area contributed by atoms with Crippen LogP contribution in [-0.4, -0.2) is 13.6 Å². The van der Waals surface area contributed by atoms with Crippen molar-refractivity contribution in [3.63, 3.8) is 0 Å². The van der Waals surface area contributed by atoms with Gasteiger partial charge in [-0.25, -0.2) is 8.42 Å². The smallest absolute Gasteiger partial charge is 0.262 e. The van der Waals surface area contributed by atoms with Gasteiger partial charge in [-0.2, -0.15) is 0 Å². The molecule has 1 aromatic heterocycles. The van der Waals surface area contributed by atoms with Crippen LogP contribution >= 0.6 is 0 Å². The monoisotopic (exact) mass is 370 g/mol. The zero-order chi connectivity index (χ0) is 18.9. The van der Waals surface area contributed by atoms with Crippen molar-refractivity contribution in [2.24, 2.45) is 0 Å². The molecule has 26 heavy (non-hydrogen) atoms. The molecule has 0 aliphatic heterocycles. The predicted octanol–water partition coefficient (Wildman–Crippen LogP) is 4.63. The Labute approximate surface area is 154 Å². The van der Waals surface area contributed by atoms with Gasteiger partial charge in [-0.05, 0) is 56.0 Å². The molecule has 0 radical (unpaired) electrons. The number of anilines is 1. The van der Waals surface area contributed by atoms with E-state index >= 15 is 0 Å². The Morgan fingerprint density at radius 3 is 2.46 bits per heavy atom. The second-order valence-corrected chi connectivity index (χ2v) is 8.08. The molecule has 0 amide bonds. The average molecular weight is 370 g/mol. The summed E-state index contributed by atoms with van der Waals surface area (Å²) in [6, 6.07) is 12.8. The van der Waals surface area contributed by atoms with Crippen molar-refractivity contribution in [1.29, 1.82) is 0 Å². The Morgan fingerprint density at radius 2 is 1.81 bits per heavy atom. The lowest BCUT2D eigenvalue weighted by atomic mass is 10.1. The van der Waals surface area contributed by atoms with Crippen molar-refractivity contribution in [3.8, 4) is 11.3 Å². The fourth-order valence-electron chi connectivity index (χ4n) is 2.80. The van der Waals surface area contributed by atoms with E-state index in [-0.39, 0.29) is 4.90 Å². The maximum atomic E-state index is 13.1. The molecule has 5 nitrogen and oxygen atoms in total. The van der Waals surface area contributed by atoms with Gasteiger partial charge in [0.15, 0.2) is 5.76 Å². The largest absolute Gasteiger partial charge is 0.356 e. The normalized spacial score (nSPS) is 11.5. The quantitative estimate of drug-likeness (QED) is 0.711. The maximum Gasteiger partial charge on any atom is 0.262 e. The Bertz CT molecular complexity index is 1050. The summed E-state index contributed by atoms with van der Waals surface area (Å²) < 4.78 is 34.2. The first kappa shape index (κ1) is 18.2. The summed E-state index contributed by atoms with van der Waals surface area (Å²) in [4.78, 5) is 0.257. The number of rotatable bonds is 5. The summed E-state index contributed by atoms with van der Waals surface area (Å²) in [6.45, 7) is 7.57. The van der Waals surface area contributed by atoms with Gasteiger partial charge in [0.2, 0.25) is 0 Å². The molecular weight excluding hydrogens is 348 g/mol. The van der Waals surface area contributed by atoms with E-state index in [1.807, 2.05) is 58.0 Å². The van der Waals surface area contributed by atoms with Gasteiger partial charge in [-0.3, -0.25) is 4.72 Å². The van der Waals surface area contributed by atoms with E-state index in [2.05, 4.69) is 9.88 Å². The van der Waals surface area contributed by atoms with E-state index in [4.69, 9.17) is 4.52 Å². The van der Waals surface area contributed by atoms with Crippen molar-refractivity contribution in [2.45, 2.75) is 39.0 Å². The molecular formula is C20H22N2O3S. The number of aromatic nitrogens is 1. The minimum absolute atomic E-state index is 0.257. The molecule has 0 fully saturated rings. The van der Waals surface area contributed by atoms with Crippen molar-refractivity contribution in [1.82, 2.24) is 5.16 Å². The number of aryl methyl sites for hydroxylation is 4. The first-order valence-electron chi connectivity index (χ1n) is 8.47. The topological polar surface area (TPSA) is 72.2 Å². The zero-order valence-corrected chi connectivity index (χ0v) is 16.1. The van der Waals surface area contributed by atoms with Crippen molar-refractivity contribution in [2.75, 3.05) is 4.72 Å². The lowest BCUT2D eigenvalue weighted by Gasteiger charge is -2.14. The highest BCUT2D eigenvalue weighted by Gasteiger charge is 2.21. The summed E-state index contributed by atoms with van der Waals surface area (Å²) in [5.41, 5.74) is 4.64. The van der Waals surface area contributed by atoms with E-state index in [9.17, 15) is 8.42 Å². The summed E-state index contributed by atoms with van der Waals surface area (Å²) >= 11 is 0. The fraction of sp³-hybridized carbons (Fsp3) is 0.250. The first-order chi connectivity index (χ1) is 12.3. The molecule has 0 atom stereocenters. The average Bonchev–Trinajstić information content (AvgIpc) is 3.04. The summed E-state index contributed by atoms with van der Waals surface area (Å²) in [5.74, 6) is 0.549. The van der Waals surface area contributed by atoms with Gasteiger partial charge in [0.25, 0.3) is 10.0 Å². The van der Waals surface area contributed by atoms with Crippen LogP contribution in [0.4, 0.5) is 5.69 Å². The maximum absolute atomic E-state index is 13.1. The molecule has 3 aromatic rings. The van der Waals surface area contributed by atoms with Gasteiger partial charge in [0, 0.05) is 11.6 Å². The number of nitrogens with one attached hydrogen (secondary N) is 1. The summed E-state index contributed by atoms with van der Waals surface area (Å²) in [6.07, 6.45) is 0.610. The molecule has 6 heteroatoms. The van der Waals surface area contributed by atoms with Gasteiger partial charge in [-0.1, -0.05) is 36.3 Å². The Kier molecular flexibility index (Phi) is 4.87. The Hall–Kier alpha value is -2.60. The van der Waals surface area contributed by atoms with Gasteiger partial charge >= 0.3 is 0 Å². The molecule has 3 rings (SSSR count). The lowest BCUT2D eigenvalue weighted by molar-refractivity contribution is 0.427. The predicted molar refractivity (Wildman–Crippen MR) is 103 cm³/mol. The fourth-order valence-corrected chi connectivity index (χ4v) is 4.25. The van der Waals surface area contributed by atoms with Crippen LogP contribution in [0.15, 0.2) is 51.9 Å². The van der Waals surface area contributed by atoms with Crippen LogP contribution in [0.25, 0.3) is 11.3 Å². The number of hydrogen-bond acceptors (Lipinski definition) is 4. The van der Waals surface area contributed by atoms with E-state index in [0.717, 1.165) is 22.4 Å². The minimum atomic E-state index is -3.73. The van der Waals surface area contributed by atoms with Crippen LogP contribution in [-0.2, 0) is 16.4 Å². The molecule has 0 saturated carbocycles. The van der Waals surface area contributed by atoms with Crippen LogP contribution < -0.4 is 4.72 Å². The molecule has 2 aromatic carbocycles. The molecule has 0 aliphatic rings. The second-order valence-electron chi connectivity index (χ2n) is 6.43. The van der Waals surface area contributed by atoms with Gasteiger partial charge in [-0.15, -0.1) is 0 Å². The highest BCUT2D eigenvalue weighted by atomic mass is 32.2. The first-order valence-corrected chi connectivity index (χ1v) is 9.95. The van der Waals surface area contributed by atoms with Crippen LogP contribution in [0, 0.1) is 20.8 Å². The third-order valence-electron chi connectivity index (χ3n) is 4.29. The van der Waals surface area contributed by atoms with E-state index in [1.54, 1.807) is 12.1 Å². The molecule has 0 bridgehead atoms. The number of sulfonamides is 1. The van der Waals surface area contributed by atoms with E-state index < -0.39 is 10.0 Å². The van der Waals surface area contributed by atoms with Crippen LogP contribution in [0.5, 0.6) is 0 Å². The van der Waals surface area contributed by atoms with E-state index in [0.29, 0.717) is 23.4 Å². The number of hydrogen-bond donors (Lipinski definition) is 1. The molecule has 0 aliphatic carbocycles. The zero-order valence-electron chi connectivity index (χ0n) is 15.3. The summed E-state index contributed by atoms with van der Waals surface area (Å²) in [5, 5.41) is 3.88. The third kappa shape index (κ3) is 3.65. The van der Waals surface area contributed by atoms with Crippen LogP contribution in [0.3, 0.4) is 0 Å². The molecule has 1 heterocycles. The van der Waals surface area contributed by atoms with Crippen molar-refractivity contribution < 1.29 is 12.9 Å². The summed E-state index contributed by atoms with van der Waals surface area (Å²) in [7, 11) is -3.73. The van der Waals surface area contributed by atoms with Crippen molar-refractivity contribution >= 4 is 15.7 Å². The van der Waals surface area contributed by atoms with Gasteiger partial charge in [0.05, 0.1) is 16.3 Å². The third-order valence-corrected chi connectivity index (χ3v) is 5.74. The second kappa shape index (κ2) is 6.96. The van der Waals surface area contributed by atoms with Gasteiger partial charge < -0.3 is 4.52 Å². The van der Waals surface area contributed by atoms with E-state index in [1.165, 1.54) is 0 Å². The standard InChI is InChI=1S/C20H22N2O3S/c1-5-16-8-9-17(19-11-15(4)21-25-19)12-20(16)26(23,24)22-18-10-13(2)6-7-14(18)3/h6-12,22H,5H2,1-4H3. The van der Waals surface area contributed by atoms with Crippen molar-refractivity contribution in [3.05, 3.63) is 64.8 Å². The van der Waals surface area contributed by atoms with Gasteiger partial charge in [0.1, 0.15) is 0 Å². The molecule has 1 N–H and O–H groups in total. The lowest BCUT2D eigenvalue weighted by Crippen LogP contribution is -2.16. The SMILES string of the molecule is CCc1ccc(-c2cc(C)no2)cc1S(=O)(=O)Nc1cc(C)ccc1C. The highest BCUT2D eigenvalue weighted by Crippen LogP contribution is 2.28. The Morgan fingerprint density at radius 1 is 1.04 bits per heavy atom. The van der Waals surface area contributed by atoms with Crippen LogP contribution in [0.2, 0.25) is 0 Å². The number of benzene rings is 2. The molecule has 0 spiro atoms. The molecule has 136 valence electrons. The minimum Gasteiger partial charge on any atom is -0.356 e. The van der Waals surface area contributed by atoms with Crippen LogP contribution in [0.1, 0.15) is 29.3 Å². The molecule has 0 saturated heterocycles. The number of nitrogens with zero attached hydrogens (tertiary/aromatic N) is 1. The highest BCUT2D eigenvalue weighted by molar-refractivity contribution is 7.92.